The van der Waals surface area contributed by atoms with Crippen molar-refractivity contribution in [2.45, 2.75) is 25.9 Å². The van der Waals surface area contributed by atoms with Crippen LogP contribution in [-0.2, 0) is 13.0 Å². The van der Waals surface area contributed by atoms with E-state index in [4.69, 9.17) is 11.6 Å². The van der Waals surface area contributed by atoms with Gasteiger partial charge < -0.3 is 5.32 Å². The molecule has 2 rings (SSSR count). The lowest BCUT2D eigenvalue weighted by Gasteiger charge is -2.13. The van der Waals surface area contributed by atoms with E-state index in [0.29, 0.717) is 23.2 Å². The van der Waals surface area contributed by atoms with Crippen LogP contribution in [0.2, 0.25) is 5.02 Å². The Hall–Kier alpha value is -0.900. The molecule has 0 saturated carbocycles. The third-order valence-corrected chi connectivity index (χ3v) is 3.87. The van der Waals surface area contributed by atoms with Crippen molar-refractivity contribution in [1.29, 1.82) is 0 Å². The van der Waals surface area contributed by atoms with Crippen LogP contribution in [0.5, 0.6) is 0 Å². The largest absolute Gasteiger partial charge is 0.310 e. The van der Waals surface area contributed by atoms with E-state index in [0.717, 1.165) is 6.42 Å². The highest BCUT2D eigenvalue weighted by atomic mass is 35.5. The Morgan fingerprint density at radius 2 is 2.22 bits per heavy atom. The van der Waals surface area contributed by atoms with Crippen LogP contribution in [0.15, 0.2) is 35.7 Å². The number of halogens is 2. The minimum absolute atomic E-state index is 0.213. The van der Waals surface area contributed by atoms with Gasteiger partial charge in [0.15, 0.2) is 0 Å². The predicted octanol–water partition coefficient (Wildman–Crippen LogP) is 4.26. The molecule has 1 nitrogen and oxygen atoms in total. The summed E-state index contributed by atoms with van der Waals surface area (Å²) in [6, 6.07) is 9.11. The average molecular weight is 284 g/mol. The first-order chi connectivity index (χ1) is 8.65. The van der Waals surface area contributed by atoms with Crippen LogP contribution < -0.4 is 5.32 Å². The van der Waals surface area contributed by atoms with Gasteiger partial charge in [0.1, 0.15) is 5.82 Å². The molecule has 0 spiro atoms. The van der Waals surface area contributed by atoms with E-state index in [1.807, 2.05) is 6.07 Å². The Morgan fingerprint density at radius 3 is 2.94 bits per heavy atom. The molecule has 1 aromatic carbocycles. The lowest BCUT2D eigenvalue weighted by molar-refractivity contribution is 0.527. The zero-order valence-corrected chi connectivity index (χ0v) is 11.7. The van der Waals surface area contributed by atoms with Crippen LogP contribution >= 0.6 is 22.9 Å². The van der Waals surface area contributed by atoms with Crippen LogP contribution in [0.1, 0.15) is 17.4 Å². The van der Waals surface area contributed by atoms with E-state index >= 15 is 0 Å². The molecule has 18 heavy (non-hydrogen) atoms. The zero-order valence-electron chi connectivity index (χ0n) is 10.1. The summed E-state index contributed by atoms with van der Waals surface area (Å²) in [5, 5.41) is 5.95. The Morgan fingerprint density at radius 1 is 1.39 bits per heavy atom. The molecule has 1 aromatic heterocycles. The first-order valence-corrected chi connectivity index (χ1v) is 7.10. The van der Waals surface area contributed by atoms with Gasteiger partial charge in [-0.05, 0) is 43.0 Å². The number of hydrogen-bond acceptors (Lipinski definition) is 2. The molecule has 4 heteroatoms. The molecular weight excluding hydrogens is 269 g/mol. The van der Waals surface area contributed by atoms with Gasteiger partial charge in [0.05, 0.1) is 0 Å². The third kappa shape index (κ3) is 3.80. The first-order valence-electron chi connectivity index (χ1n) is 5.85. The summed E-state index contributed by atoms with van der Waals surface area (Å²) >= 11 is 7.60. The van der Waals surface area contributed by atoms with Crippen molar-refractivity contribution in [3.63, 3.8) is 0 Å². The summed E-state index contributed by atoms with van der Waals surface area (Å²) < 4.78 is 13.5. The molecule has 0 aliphatic carbocycles. The second-order valence-corrected chi connectivity index (χ2v) is 5.77. The molecule has 0 aliphatic heterocycles. The van der Waals surface area contributed by atoms with Crippen LogP contribution in [0.3, 0.4) is 0 Å². The maximum absolute atomic E-state index is 13.5. The molecule has 2 aromatic rings. The summed E-state index contributed by atoms with van der Waals surface area (Å²) in [4.78, 5) is 1.33. The molecule has 96 valence electrons. The van der Waals surface area contributed by atoms with E-state index < -0.39 is 0 Å². The van der Waals surface area contributed by atoms with E-state index in [1.165, 1.54) is 10.9 Å². The Kier molecular flexibility index (Phi) is 4.75. The van der Waals surface area contributed by atoms with Crippen molar-refractivity contribution in [2.24, 2.45) is 0 Å². The quantitative estimate of drug-likeness (QED) is 0.864. The van der Waals surface area contributed by atoms with Gasteiger partial charge in [-0.25, -0.2) is 4.39 Å². The highest BCUT2D eigenvalue weighted by Crippen LogP contribution is 2.15. The molecule has 0 bridgehead atoms. The van der Waals surface area contributed by atoms with Crippen LogP contribution in [0.25, 0.3) is 0 Å². The van der Waals surface area contributed by atoms with Gasteiger partial charge in [-0.2, -0.15) is 0 Å². The fourth-order valence-corrected chi connectivity index (χ4v) is 2.80. The number of nitrogens with one attached hydrogen (secondary N) is 1. The summed E-state index contributed by atoms with van der Waals surface area (Å²) in [5.41, 5.74) is 0.612. The van der Waals surface area contributed by atoms with Crippen molar-refractivity contribution in [1.82, 2.24) is 5.32 Å². The monoisotopic (exact) mass is 283 g/mol. The van der Waals surface area contributed by atoms with E-state index in [2.05, 4.69) is 23.7 Å². The van der Waals surface area contributed by atoms with Gasteiger partial charge >= 0.3 is 0 Å². The minimum Gasteiger partial charge on any atom is -0.310 e. The van der Waals surface area contributed by atoms with Gasteiger partial charge in [-0.15, -0.1) is 11.3 Å². The van der Waals surface area contributed by atoms with E-state index in [9.17, 15) is 4.39 Å². The van der Waals surface area contributed by atoms with Crippen molar-refractivity contribution < 1.29 is 4.39 Å². The second-order valence-electron chi connectivity index (χ2n) is 4.30. The third-order valence-electron chi connectivity index (χ3n) is 2.74. The molecule has 1 unspecified atom stereocenters. The molecular formula is C14H15ClFNS. The first kappa shape index (κ1) is 13.5. The Balaban J connectivity index is 1.89. The van der Waals surface area contributed by atoms with Gasteiger partial charge in [0.25, 0.3) is 0 Å². The van der Waals surface area contributed by atoms with Crippen molar-refractivity contribution >= 4 is 22.9 Å². The highest BCUT2D eigenvalue weighted by Gasteiger charge is 2.07. The number of benzene rings is 1. The maximum Gasteiger partial charge on any atom is 0.127 e. The SMILES string of the molecule is CC(Cc1cccs1)NCc1cc(Cl)ccc1F. The van der Waals surface area contributed by atoms with Crippen molar-refractivity contribution in [2.75, 3.05) is 0 Å². The Labute approximate surface area is 116 Å². The number of rotatable bonds is 5. The fourth-order valence-electron chi connectivity index (χ4n) is 1.77. The summed E-state index contributed by atoms with van der Waals surface area (Å²) in [6.45, 7) is 2.60. The molecule has 0 radical (unpaired) electrons. The molecule has 1 N–H and O–H groups in total. The maximum atomic E-state index is 13.5. The van der Waals surface area contributed by atoms with E-state index in [-0.39, 0.29) is 5.82 Å². The molecule has 0 aliphatic rings. The Bertz CT molecular complexity index is 499. The number of thiophene rings is 1. The van der Waals surface area contributed by atoms with Gasteiger partial charge in [0.2, 0.25) is 0 Å². The minimum atomic E-state index is -0.213. The summed E-state index contributed by atoms with van der Waals surface area (Å²) in [6.07, 6.45) is 0.958. The fraction of sp³-hybridized carbons (Fsp3) is 0.286. The van der Waals surface area contributed by atoms with Crippen molar-refractivity contribution in [3.05, 3.63) is 57.0 Å². The average Bonchev–Trinajstić information content (AvgIpc) is 2.83. The topological polar surface area (TPSA) is 12.0 Å². The summed E-state index contributed by atoms with van der Waals surface area (Å²) in [7, 11) is 0. The van der Waals surface area contributed by atoms with Crippen molar-refractivity contribution in [3.8, 4) is 0 Å². The molecule has 1 heterocycles. The summed E-state index contributed by atoms with van der Waals surface area (Å²) in [5.74, 6) is -0.213. The van der Waals surface area contributed by atoms with Gasteiger partial charge in [0, 0.05) is 28.0 Å². The lowest BCUT2D eigenvalue weighted by Crippen LogP contribution is -2.27. The van der Waals surface area contributed by atoms with Crippen LogP contribution in [0.4, 0.5) is 4.39 Å². The standard InChI is InChI=1S/C14H15ClFNS/c1-10(7-13-3-2-6-18-13)17-9-11-8-12(15)4-5-14(11)16/h2-6,8,10,17H,7,9H2,1H3. The molecule has 0 amide bonds. The second kappa shape index (κ2) is 6.32. The lowest BCUT2D eigenvalue weighted by atomic mass is 10.1. The molecule has 0 saturated heterocycles. The van der Waals surface area contributed by atoms with Crippen LogP contribution in [-0.4, -0.2) is 6.04 Å². The highest BCUT2D eigenvalue weighted by molar-refractivity contribution is 7.09. The smallest absolute Gasteiger partial charge is 0.127 e. The zero-order chi connectivity index (χ0) is 13.0. The molecule has 0 fully saturated rings. The van der Waals surface area contributed by atoms with Gasteiger partial charge in [-0.3, -0.25) is 0 Å². The van der Waals surface area contributed by atoms with Crippen LogP contribution in [0, 0.1) is 5.82 Å². The number of hydrogen-bond donors (Lipinski definition) is 1. The molecule has 1 atom stereocenters. The predicted molar refractivity (Wildman–Crippen MR) is 75.7 cm³/mol. The van der Waals surface area contributed by atoms with E-state index in [1.54, 1.807) is 23.5 Å². The normalized spacial score (nSPS) is 12.6. The van der Waals surface area contributed by atoms with Gasteiger partial charge in [-0.1, -0.05) is 17.7 Å².